The fraction of sp³-hybridized carbons (Fsp3) is 0.467. The van der Waals surface area contributed by atoms with Crippen LogP contribution in [0, 0.1) is 0 Å². The van der Waals surface area contributed by atoms with Crippen LogP contribution in [0.1, 0.15) is 17.8 Å². The minimum atomic E-state index is 0.220. The van der Waals surface area contributed by atoms with Gasteiger partial charge in [0.1, 0.15) is 0 Å². The monoisotopic (exact) mass is 304 g/mol. The Balaban J connectivity index is 1.53. The van der Waals surface area contributed by atoms with Crippen molar-refractivity contribution in [3.05, 3.63) is 42.0 Å². The first-order chi connectivity index (χ1) is 10.3. The molecule has 1 aliphatic heterocycles. The second kappa shape index (κ2) is 7.06. The molecule has 1 unspecified atom stereocenters. The molecule has 2 heterocycles. The van der Waals surface area contributed by atoms with Crippen LogP contribution in [0.5, 0.6) is 0 Å². The first kappa shape index (κ1) is 14.6. The summed E-state index contributed by atoms with van der Waals surface area (Å²) >= 11 is 1.81. The van der Waals surface area contributed by atoms with Gasteiger partial charge in [-0.2, -0.15) is 4.98 Å². The molecule has 1 atom stereocenters. The minimum absolute atomic E-state index is 0.220. The van der Waals surface area contributed by atoms with Gasteiger partial charge < -0.3 is 9.84 Å². The Morgan fingerprint density at radius 1 is 1.38 bits per heavy atom. The van der Waals surface area contributed by atoms with E-state index in [-0.39, 0.29) is 6.04 Å². The Bertz CT molecular complexity index is 560. The summed E-state index contributed by atoms with van der Waals surface area (Å²) in [4.78, 5) is 8.08. The molecular formula is C15H20N4OS. The van der Waals surface area contributed by atoms with Crippen molar-refractivity contribution in [2.24, 2.45) is 0 Å². The highest BCUT2D eigenvalue weighted by Crippen LogP contribution is 2.20. The SMILES string of the molecule is CN1CCNCC1c1noc(CCSc2ccccc2)n1. The van der Waals surface area contributed by atoms with Crippen LogP contribution in [0.3, 0.4) is 0 Å². The molecule has 1 aromatic heterocycles. The second-order valence-corrected chi connectivity index (χ2v) is 6.33. The van der Waals surface area contributed by atoms with E-state index in [4.69, 9.17) is 4.52 Å². The van der Waals surface area contributed by atoms with Gasteiger partial charge >= 0.3 is 0 Å². The van der Waals surface area contributed by atoms with E-state index >= 15 is 0 Å². The zero-order valence-corrected chi connectivity index (χ0v) is 13.0. The number of rotatable bonds is 5. The first-order valence-electron chi connectivity index (χ1n) is 7.24. The molecule has 1 aromatic carbocycles. The van der Waals surface area contributed by atoms with Crippen LogP contribution < -0.4 is 5.32 Å². The van der Waals surface area contributed by atoms with Crippen LogP contribution in [-0.2, 0) is 6.42 Å². The number of likely N-dealkylation sites (N-methyl/N-ethyl adjacent to an activating group) is 1. The Morgan fingerprint density at radius 3 is 3.05 bits per heavy atom. The molecule has 0 amide bonds. The van der Waals surface area contributed by atoms with Crippen LogP contribution in [0.15, 0.2) is 39.8 Å². The van der Waals surface area contributed by atoms with Crippen LogP contribution >= 0.6 is 11.8 Å². The van der Waals surface area contributed by atoms with Crippen molar-refractivity contribution in [2.75, 3.05) is 32.4 Å². The fourth-order valence-electron chi connectivity index (χ4n) is 2.37. The number of hydrogen-bond donors (Lipinski definition) is 1. The predicted molar refractivity (Wildman–Crippen MR) is 83.4 cm³/mol. The standard InChI is InChI=1S/C15H20N4OS/c1-19-9-8-16-11-13(19)15-17-14(20-18-15)7-10-21-12-5-3-2-4-6-12/h2-6,13,16H,7-11H2,1H3. The molecule has 2 aromatic rings. The molecule has 1 aliphatic rings. The third-order valence-electron chi connectivity index (χ3n) is 3.62. The first-order valence-corrected chi connectivity index (χ1v) is 8.23. The average molecular weight is 304 g/mol. The molecular weight excluding hydrogens is 284 g/mol. The van der Waals surface area contributed by atoms with E-state index < -0.39 is 0 Å². The van der Waals surface area contributed by atoms with E-state index in [2.05, 4.69) is 51.7 Å². The summed E-state index contributed by atoms with van der Waals surface area (Å²) in [5.41, 5.74) is 0. The third kappa shape index (κ3) is 3.84. The van der Waals surface area contributed by atoms with E-state index in [1.54, 1.807) is 0 Å². The predicted octanol–water partition coefficient (Wildman–Crippen LogP) is 1.98. The zero-order chi connectivity index (χ0) is 14.5. The summed E-state index contributed by atoms with van der Waals surface area (Å²) in [6, 6.07) is 10.6. The molecule has 0 bridgehead atoms. The van der Waals surface area contributed by atoms with Gasteiger partial charge in [0, 0.05) is 36.7 Å². The maximum absolute atomic E-state index is 5.38. The van der Waals surface area contributed by atoms with Gasteiger partial charge in [-0.25, -0.2) is 0 Å². The lowest BCUT2D eigenvalue weighted by molar-refractivity contribution is 0.190. The molecule has 112 valence electrons. The maximum atomic E-state index is 5.38. The number of nitrogens with one attached hydrogen (secondary N) is 1. The van der Waals surface area contributed by atoms with Gasteiger partial charge in [0.05, 0.1) is 6.04 Å². The highest BCUT2D eigenvalue weighted by atomic mass is 32.2. The van der Waals surface area contributed by atoms with Crippen LogP contribution in [0.25, 0.3) is 0 Å². The summed E-state index contributed by atoms with van der Waals surface area (Å²) in [6.07, 6.45) is 0.802. The number of benzene rings is 1. The molecule has 0 spiro atoms. The molecule has 3 rings (SSSR count). The van der Waals surface area contributed by atoms with Crippen molar-refractivity contribution in [1.82, 2.24) is 20.4 Å². The number of nitrogens with zero attached hydrogens (tertiary/aromatic N) is 3. The Morgan fingerprint density at radius 2 is 2.24 bits per heavy atom. The minimum Gasteiger partial charge on any atom is -0.339 e. The number of thioether (sulfide) groups is 1. The quantitative estimate of drug-likeness (QED) is 0.853. The zero-order valence-electron chi connectivity index (χ0n) is 12.2. The second-order valence-electron chi connectivity index (χ2n) is 5.16. The number of aryl methyl sites for hydroxylation is 1. The third-order valence-corrected chi connectivity index (χ3v) is 4.63. The van der Waals surface area contributed by atoms with Crippen molar-refractivity contribution >= 4 is 11.8 Å². The maximum Gasteiger partial charge on any atom is 0.227 e. The van der Waals surface area contributed by atoms with Crippen LogP contribution in [0.2, 0.25) is 0 Å². The Hall–Kier alpha value is -1.37. The molecule has 21 heavy (non-hydrogen) atoms. The van der Waals surface area contributed by atoms with E-state index in [1.807, 2.05) is 17.8 Å². The van der Waals surface area contributed by atoms with E-state index in [9.17, 15) is 0 Å². The highest BCUT2D eigenvalue weighted by molar-refractivity contribution is 7.99. The van der Waals surface area contributed by atoms with Gasteiger partial charge in [-0.1, -0.05) is 23.4 Å². The van der Waals surface area contributed by atoms with Gasteiger partial charge in [-0.15, -0.1) is 11.8 Å². The Labute approximate surface area is 129 Å². The smallest absolute Gasteiger partial charge is 0.227 e. The van der Waals surface area contributed by atoms with E-state index in [1.165, 1.54) is 4.90 Å². The number of hydrogen-bond acceptors (Lipinski definition) is 6. The van der Waals surface area contributed by atoms with E-state index in [0.717, 1.165) is 43.5 Å². The molecule has 6 heteroatoms. The summed E-state index contributed by atoms with van der Waals surface area (Å²) in [7, 11) is 2.10. The van der Waals surface area contributed by atoms with Crippen LogP contribution in [-0.4, -0.2) is 47.5 Å². The lowest BCUT2D eigenvalue weighted by Crippen LogP contribution is -2.44. The van der Waals surface area contributed by atoms with Crippen molar-refractivity contribution < 1.29 is 4.52 Å². The van der Waals surface area contributed by atoms with E-state index in [0.29, 0.717) is 0 Å². The average Bonchev–Trinajstić information content (AvgIpc) is 2.97. The van der Waals surface area contributed by atoms with Crippen LogP contribution in [0.4, 0.5) is 0 Å². The largest absolute Gasteiger partial charge is 0.339 e. The number of aromatic nitrogens is 2. The molecule has 1 fully saturated rings. The van der Waals surface area contributed by atoms with Gasteiger partial charge in [0.2, 0.25) is 5.89 Å². The van der Waals surface area contributed by atoms with Gasteiger partial charge in [-0.05, 0) is 19.2 Å². The van der Waals surface area contributed by atoms with Crippen molar-refractivity contribution in [2.45, 2.75) is 17.4 Å². The summed E-state index contributed by atoms with van der Waals surface area (Å²) in [6.45, 7) is 2.91. The molecule has 1 saturated heterocycles. The lowest BCUT2D eigenvalue weighted by Gasteiger charge is -2.30. The lowest BCUT2D eigenvalue weighted by atomic mass is 10.2. The van der Waals surface area contributed by atoms with Crippen molar-refractivity contribution in [3.8, 4) is 0 Å². The summed E-state index contributed by atoms with van der Waals surface area (Å²) < 4.78 is 5.38. The molecule has 0 saturated carbocycles. The topological polar surface area (TPSA) is 54.2 Å². The molecule has 0 aliphatic carbocycles. The Kier molecular flexibility index (Phi) is 4.90. The summed E-state index contributed by atoms with van der Waals surface area (Å²) in [5.74, 6) is 2.47. The van der Waals surface area contributed by atoms with Gasteiger partial charge in [-0.3, -0.25) is 4.90 Å². The fourth-order valence-corrected chi connectivity index (χ4v) is 3.23. The number of piperazine rings is 1. The molecule has 1 N–H and O–H groups in total. The molecule has 0 radical (unpaired) electrons. The van der Waals surface area contributed by atoms with Crippen molar-refractivity contribution in [1.29, 1.82) is 0 Å². The normalized spacial score (nSPS) is 19.8. The molecule has 5 nitrogen and oxygen atoms in total. The van der Waals surface area contributed by atoms with Gasteiger partial charge in [0.25, 0.3) is 0 Å². The van der Waals surface area contributed by atoms with Gasteiger partial charge in [0.15, 0.2) is 5.82 Å². The summed E-state index contributed by atoms with van der Waals surface area (Å²) in [5, 5.41) is 7.51. The van der Waals surface area contributed by atoms with Crippen molar-refractivity contribution in [3.63, 3.8) is 0 Å². The highest BCUT2D eigenvalue weighted by Gasteiger charge is 2.24.